The summed E-state index contributed by atoms with van der Waals surface area (Å²) in [4.78, 5) is 46.4. The van der Waals surface area contributed by atoms with Crippen molar-refractivity contribution in [2.24, 2.45) is 11.7 Å². The zero-order valence-electron chi connectivity index (χ0n) is 24.9. The summed E-state index contributed by atoms with van der Waals surface area (Å²) < 4.78 is 7.59. The lowest BCUT2D eigenvalue weighted by atomic mass is 9.97. The highest BCUT2D eigenvalue weighted by molar-refractivity contribution is 5.98. The summed E-state index contributed by atoms with van der Waals surface area (Å²) >= 11 is 0. The van der Waals surface area contributed by atoms with Gasteiger partial charge in [0.2, 0.25) is 11.8 Å². The lowest BCUT2D eigenvalue weighted by Crippen LogP contribution is -2.56. The van der Waals surface area contributed by atoms with E-state index in [1.54, 1.807) is 31.5 Å². The van der Waals surface area contributed by atoms with Gasteiger partial charge in [-0.2, -0.15) is 0 Å². The van der Waals surface area contributed by atoms with Gasteiger partial charge < -0.3 is 30.6 Å². The maximum Gasteiger partial charge on any atom is 0.250 e. The molecule has 1 aliphatic rings. The van der Waals surface area contributed by atoms with Crippen LogP contribution in [0.15, 0.2) is 66.9 Å². The smallest absolute Gasteiger partial charge is 0.250 e. The molecule has 0 radical (unpaired) electrons. The number of ether oxygens (including phenoxy) is 1. The monoisotopic (exact) mass is 574 g/mol. The summed E-state index contributed by atoms with van der Waals surface area (Å²) in [6.07, 6.45) is 3.61. The number of aryl methyl sites for hydroxylation is 1. The van der Waals surface area contributed by atoms with E-state index in [0.717, 1.165) is 24.0 Å². The van der Waals surface area contributed by atoms with Crippen LogP contribution in [-0.2, 0) is 25.7 Å². The lowest BCUT2D eigenvalue weighted by Gasteiger charge is -2.33. The summed E-state index contributed by atoms with van der Waals surface area (Å²) in [5, 5.41) is 5.51. The average Bonchev–Trinajstić information content (AvgIpc) is 3.32. The largest absolute Gasteiger partial charge is 0.374 e. The van der Waals surface area contributed by atoms with E-state index in [9.17, 15) is 14.4 Å². The number of nitrogens with two attached hydrogens (primary N) is 1. The maximum atomic E-state index is 13.9. The standard InChI is InChI=1S/C32H42N6O4/c1-22-15-17-37(18-16-22)30(40)28(25-13-9-6-10-14-25)38-19-27(34-23(38)2)36-29(39)26(35-31(41)32(3,4)33)21-42-20-24-11-7-5-8-12-24/h5-14,19,22,26,28H,15-18,20-21,33H2,1-4H3,(H,35,41)(H,36,39). The Morgan fingerprint density at radius 2 is 1.67 bits per heavy atom. The van der Waals surface area contributed by atoms with Gasteiger partial charge in [0.25, 0.3) is 5.91 Å². The quantitative estimate of drug-likeness (QED) is 0.322. The molecule has 0 saturated carbocycles. The van der Waals surface area contributed by atoms with E-state index in [1.165, 1.54) is 0 Å². The number of anilines is 1. The SMILES string of the molecule is Cc1nc(NC(=O)C(COCc2ccccc2)NC(=O)C(C)(C)N)cn1C(C(=O)N1CCC(C)CC1)c1ccccc1. The van der Waals surface area contributed by atoms with Crippen molar-refractivity contribution in [2.45, 2.75) is 64.8 Å². The molecule has 10 nitrogen and oxygen atoms in total. The number of nitrogens with one attached hydrogen (secondary N) is 2. The lowest BCUT2D eigenvalue weighted by molar-refractivity contribution is -0.135. The zero-order chi connectivity index (χ0) is 30.3. The number of hydrogen-bond acceptors (Lipinski definition) is 6. The van der Waals surface area contributed by atoms with Gasteiger partial charge in [-0.15, -0.1) is 0 Å². The van der Waals surface area contributed by atoms with Crippen molar-refractivity contribution >= 4 is 23.5 Å². The minimum Gasteiger partial charge on any atom is -0.374 e. The van der Waals surface area contributed by atoms with Crippen molar-refractivity contribution in [1.29, 1.82) is 0 Å². The van der Waals surface area contributed by atoms with E-state index in [1.807, 2.05) is 65.6 Å². The van der Waals surface area contributed by atoms with E-state index >= 15 is 0 Å². The number of carbonyl (C=O) groups is 3. The van der Waals surface area contributed by atoms with E-state index in [2.05, 4.69) is 22.5 Å². The van der Waals surface area contributed by atoms with E-state index < -0.39 is 29.4 Å². The molecule has 1 aromatic heterocycles. The van der Waals surface area contributed by atoms with Gasteiger partial charge in [-0.1, -0.05) is 67.6 Å². The Morgan fingerprint density at radius 1 is 1.05 bits per heavy atom. The first-order valence-electron chi connectivity index (χ1n) is 14.4. The summed E-state index contributed by atoms with van der Waals surface area (Å²) in [6.45, 7) is 8.77. The molecule has 1 aliphatic heterocycles. The molecule has 2 heterocycles. The van der Waals surface area contributed by atoms with Crippen LogP contribution in [0.3, 0.4) is 0 Å². The average molecular weight is 575 g/mol. The van der Waals surface area contributed by atoms with Crippen LogP contribution in [0, 0.1) is 12.8 Å². The molecule has 0 aliphatic carbocycles. The Labute approximate surface area is 247 Å². The predicted molar refractivity (Wildman–Crippen MR) is 161 cm³/mol. The molecule has 10 heteroatoms. The Balaban J connectivity index is 1.53. The van der Waals surface area contributed by atoms with E-state index in [4.69, 9.17) is 10.5 Å². The number of aromatic nitrogens is 2. The first-order chi connectivity index (χ1) is 20.0. The van der Waals surface area contributed by atoms with Crippen molar-refractivity contribution in [3.8, 4) is 0 Å². The molecule has 0 spiro atoms. The van der Waals surface area contributed by atoms with Gasteiger partial charge in [0.05, 0.1) is 18.8 Å². The Kier molecular flexibility index (Phi) is 10.1. The van der Waals surface area contributed by atoms with E-state index in [-0.39, 0.29) is 24.9 Å². The fraction of sp³-hybridized carbons (Fsp3) is 0.438. The molecule has 4 rings (SSSR count). The van der Waals surface area contributed by atoms with Gasteiger partial charge in [0.1, 0.15) is 17.9 Å². The normalized spacial score (nSPS) is 15.6. The van der Waals surface area contributed by atoms with Gasteiger partial charge in [-0.3, -0.25) is 14.4 Å². The molecule has 2 unspecified atom stereocenters. The van der Waals surface area contributed by atoms with Crippen LogP contribution in [0.25, 0.3) is 0 Å². The molecule has 4 N–H and O–H groups in total. The summed E-state index contributed by atoms with van der Waals surface area (Å²) in [5.41, 5.74) is 6.56. The van der Waals surface area contributed by atoms with Crippen molar-refractivity contribution in [1.82, 2.24) is 19.8 Å². The molecule has 2 aromatic carbocycles. The van der Waals surface area contributed by atoms with Crippen LogP contribution >= 0.6 is 0 Å². The van der Waals surface area contributed by atoms with Crippen LogP contribution in [0.5, 0.6) is 0 Å². The minimum absolute atomic E-state index is 0.00361. The molecule has 3 aromatic rings. The maximum absolute atomic E-state index is 13.9. The highest BCUT2D eigenvalue weighted by Gasteiger charge is 2.32. The van der Waals surface area contributed by atoms with Gasteiger partial charge in [0, 0.05) is 19.3 Å². The number of piperidine rings is 1. The minimum atomic E-state index is -1.19. The molecule has 1 saturated heterocycles. The summed E-state index contributed by atoms with van der Waals surface area (Å²) in [5.74, 6) is 0.443. The third kappa shape index (κ3) is 8.04. The highest BCUT2D eigenvalue weighted by Crippen LogP contribution is 2.27. The van der Waals surface area contributed by atoms with E-state index in [0.29, 0.717) is 24.8 Å². The number of benzene rings is 2. The van der Waals surface area contributed by atoms with Crippen LogP contribution in [-0.4, -0.2) is 63.4 Å². The second-order valence-electron chi connectivity index (χ2n) is 11.6. The number of likely N-dealkylation sites (tertiary alicyclic amines) is 1. The van der Waals surface area contributed by atoms with Gasteiger partial charge >= 0.3 is 0 Å². The Morgan fingerprint density at radius 3 is 2.29 bits per heavy atom. The molecule has 1 fully saturated rings. The van der Waals surface area contributed by atoms with Crippen molar-refractivity contribution in [3.05, 3.63) is 83.8 Å². The van der Waals surface area contributed by atoms with Gasteiger partial charge in [-0.05, 0) is 50.7 Å². The molecular formula is C32H42N6O4. The first kappa shape index (κ1) is 30.9. The molecule has 224 valence electrons. The second-order valence-corrected chi connectivity index (χ2v) is 11.6. The molecule has 0 bridgehead atoms. The fourth-order valence-corrected chi connectivity index (χ4v) is 4.88. The number of amides is 3. The van der Waals surface area contributed by atoms with Crippen molar-refractivity contribution < 1.29 is 19.1 Å². The van der Waals surface area contributed by atoms with Gasteiger partial charge in [-0.25, -0.2) is 4.98 Å². The van der Waals surface area contributed by atoms with Crippen LogP contribution in [0.1, 0.15) is 56.6 Å². The second kappa shape index (κ2) is 13.8. The number of rotatable bonds is 11. The number of nitrogens with zero attached hydrogens (tertiary/aromatic N) is 3. The molecule has 42 heavy (non-hydrogen) atoms. The highest BCUT2D eigenvalue weighted by atomic mass is 16.5. The number of hydrogen-bond donors (Lipinski definition) is 3. The Bertz CT molecular complexity index is 1340. The van der Waals surface area contributed by atoms with Crippen LogP contribution in [0.4, 0.5) is 5.82 Å². The molecule has 2 atom stereocenters. The van der Waals surface area contributed by atoms with Crippen LogP contribution < -0.4 is 16.4 Å². The summed E-state index contributed by atoms with van der Waals surface area (Å²) in [7, 11) is 0. The van der Waals surface area contributed by atoms with Gasteiger partial charge in [0.15, 0.2) is 5.82 Å². The zero-order valence-corrected chi connectivity index (χ0v) is 24.9. The molecular weight excluding hydrogens is 532 g/mol. The first-order valence-corrected chi connectivity index (χ1v) is 14.4. The molecule has 3 amide bonds. The third-order valence-corrected chi connectivity index (χ3v) is 7.49. The van der Waals surface area contributed by atoms with Crippen LogP contribution in [0.2, 0.25) is 0 Å². The predicted octanol–water partition coefficient (Wildman–Crippen LogP) is 3.42. The fourth-order valence-electron chi connectivity index (χ4n) is 4.88. The third-order valence-electron chi connectivity index (χ3n) is 7.49. The Hall–Kier alpha value is -4.02. The topological polar surface area (TPSA) is 132 Å². The van der Waals surface area contributed by atoms with Crippen molar-refractivity contribution in [2.75, 3.05) is 25.0 Å². The summed E-state index contributed by atoms with van der Waals surface area (Å²) in [6, 6.07) is 17.5. The number of carbonyl (C=O) groups excluding carboxylic acids is 3. The van der Waals surface area contributed by atoms with Crippen molar-refractivity contribution in [3.63, 3.8) is 0 Å². The number of imidazole rings is 1.